The summed E-state index contributed by atoms with van der Waals surface area (Å²) in [7, 11) is 1.57. The summed E-state index contributed by atoms with van der Waals surface area (Å²) in [5.41, 5.74) is 2.92. The Balaban J connectivity index is 2.35. The summed E-state index contributed by atoms with van der Waals surface area (Å²) < 4.78 is 5.18. The van der Waals surface area contributed by atoms with Gasteiger partial charge >= 0.3 is 0 Å². The van der Waals surface area contributed by atoms with Crippen molar-refractivity contribution in [3.05, 3.63) is 38.6 Å². The molecule has 94 valence electrons. The van der Waals surface area contributed by atoms with Crippen LogP contribution >= 0.6 is 11.6 Å². The number of aromatic nitrogens is 1. The first-order valence-electron chi connectivity index (χ1n) is 6.12. The van der Waals surface area contributed by atoms with Gasteiger partial charge in [-0.15, -0.1) is 0 Å². The molecule has 0 bridgehead atoms. The maximum atomic E-state index is 12.4. The van der Waals surface area contributed by atoms with Gasteiger partial charge in [-0.3, -0.25) is 4.79 Å². The second-order valence-electron chi connectivity index (χ2n) is 4.65. The molecule has 3 rings (SSSR count). The molecule has 4 heteroatoms. The van der Waals surface area contributed by atoms with Crippen molar-refractivity contribution < 1.29 is 4.74 Å². The van der Waals surface area contributed by atoms with E-state index in [1.54, 1.807) is 19.2 Å². The zero-order chi connectivity index (χ0) is 12.7. The number of hydrogen-bond donors (Lipinski definition) is 1. The average Bonchev–Trinajstić information content (AvgIpc) is 2.39. The van der Waals surface area contributed by atoms with Crippen molar-refractivity contribution in [1.82, 2.24) is 4.98 Å². The topological polar surface area (TPSA) is 42.1 Å². The van der Waals surface area contributed by atoms with Crippen molar-refractivity contribution in [3.8, 4) is 5.75 Å². The van der Waals surface area contributed by atoms with Crippen molar-refractivity contribution in [1.29, 1.82) is 0 Å². The minimum Gasteiger partial charge on any atom is -0.495 e. The lowest BCUT2D eigenvalue weighted by Crippen LogP contribution is -2.18. The van der Waals surface area contributed by atoms with Crippen LogP contribution in [-0.4, -0.2) is 12.1 Å². The number of aromatic amines is 1. The molecule has 0 fully saturated rings. The van der Waals surface area contributed by atoms with Crippen LogP contribution in [0.5, 0.6) is 5.75 Å². The van der Waals surface area contributed by atoms with Crippen LogP contribution in [0.4, 0.5) is 0 Å². The van der Waals surface area contributed by atoms with E-state index in [1.165, 1.54) is 0 Å². The number of aryl methyl sites for hydroxylation is 1. The molecule has 0 saturated heterocycles. The summed E-state index contributed by atoms with van der Waals surface area (Å²) >= 11 is 6.08. The quantitative estimate of drug-likeness (QED) is 0.859. The maximum Gasteiger partial charge on any atom is 0.192 e. The fourth-order valence-corrected chi connectivity index (χ4v) is 2.86. The van der Waals surface area contributed by atoms with E-state index in [0.29, 0.717) is 16.2 Å². The summed E-state index contributed by atoms with van der Waals surface area (Å²) in [5.74, 6) is 0.593. The molecule has 1 aliphatic carbocycles. The van der Waals surface area contributed by atoms with Crippen molar-refractivity contribution >= 4 is 22.5 Å². The highest BCUT2D eigenvalue weighted by Crippen LogP contribution is 2.29. The molecule has 18 heavy (non-hydrogen) atoms. The Labute approximate surface area is 110 Å². The Morgan fingerprint density at radius 2 is 2.06 bits per heavy atom. The van der Waals surface area contributed by atoms with Crippen LogP contribution in [0.3, 0.4) is 0 Å². The summed E-state index contributed by atoms with van der Waals surface area (Å²) in [6, 6.07) is 3.50. The molecule has 1 aromatic carbocycles. The molecule has 2 aromatic rings. The molecule has 0 saturated carbocycles. The Morgan fingerprint density at radius 3 is 2.83 bits per heavy atom. The molecule has 1 heterocycles. The molecule has 0 unspecified atom stereocenters. The highest BCUT2D eigenvalue weighted by molar-refractivity contribution is 6.32. The molecule has 0 amide bonds. The van der Waals surface area contributed by atoms with E-state index in [2.05, 4.69) is 4.98 Å². The Kier molecular flexibility index (Phi) is 2.78. The summed E-state index contributed by atoms with van der Waals surface area (Å²) in [4.78, 5) is 15.8. The van der Waals surface area contributed by atoms with E-state index >= 15 is 0 Å². The van der Waals surface area contributed by atoms with Crippen molar-refractivity contribution in [2.24, 2.45) is 0 Å². The van der Waals surface area contributed by atoms with Crippen molar-refractivity contribution in [2.45, 2.75) is 25.7 Å². The zero-order valence-corrected chi connectivity index (χ0v) is 10.9. The number of methoxy groups -OCH3 is 1. The Bertz CT molecular complexity index is 676. The first-order valence-corrected chi connectivity index (χ1v) is 6.50. The molecular formula is C14H14ClNO2. The third-order valence-corrected chi connectivity index (χ3v) is 3.86. The standard InChI is InChI=1S/C14H14ClNO2/c1-18-13-7-12-9(6-10(13)15)14(17)8-4-2-3-5-11(8)16-12/h6-7H,2-5H2,1H3,(H,16,17). The normalized spacial score (nSPS) is 14.6. The van der Waals surface area contributed by atoms with Crippen LogP contribution in [0.1, 0.15) is 24.1 Å². The smallest absolute Gasteiger partial charge is 0.192 e. The van der Waals surface area contributed by atoms with Crippen LogP contribution < -0.4 is 10.2 Å². The van der Waals surface area contributed by atoms with E-state index in [-0.39, 0.29) is 5.43 Å². The lowest BCUT2D eigenvalue weighted by Gasteiger charge is -2.16. The van der Waals surface area contributed by atoms with Gasteiger partial charge in [-0.05, 0) is 31.7 Å². The first kappa shape index (κ1) is 11.6. The molecule has 1 N–H and O–H groups in total. The molecule has 0 radical (unpaired) electrons. The third-order valence-electron chi connectivity index (χ3n) is 3.56. The number of nitrogens with one attached hydrogen (secondary N) is 1. The number of pyridine rings is 1. The molecule has 1 aromatic heterocycles. The number of benzene rings is 1. The monoisotopic (exact) mass is 263 g/mol. The number of ether oxygens (including phenoxy) is 1. The van der Waals surface area contributed by atoms with Gasteiger partial charge in [-0.1, -0.05) is 11.6 Å². The summed E-state index contributed by atoms with van der Waals surface area (Å²) in [5, 5.41) is 1.13. The van der Waals surface area contributed by atoms with Gasteiger partial charge in [-0.25, -0.2) is 0 Å². The molecule has 1 aliphatic rings. The van der Waals surface area contributed by atoms with Crippen LogP contribution in [0.15, 0.2) is 16.9 Å². The SMILES string of the molecule is COc1cc2[nH]c3c(c(=O)c2cc1Cl)CCCC3. The van der Waals surface area contributed by atoms with Gasteiger partial charge in [0.05, 0.1) is 17.6 Å². The van der Waals surface area contributed by atoms with Crippen molar-refractivity contribution in [2.75, 3.05) is 7.11 Å². The predicted molar refractivity (Wildman–Crippen MR) is 72.8 cm³/mol. The number of fused-ring (bicyclic) bond motifs is 2. The Morgan fingerprint density at radius 1 is 1.28 bits per heavy atom. The third kappa shape index (κ3) is 1.70. The van der Waals surface area contributed by atoms with E-state index in [1.807, 2.05) is 0 Å². The van der Waals surface area contributed by atoms with Gasteiger partial charge in [0.25, 0.3) is 0 Å². The lowest BCUT2D eigenvalue weighted by atomic mass is 9.94. The van der Waals surface area contributed by atoms with Gasteiger partial charge < -0.3 is 9.72 Å². The number of rotatable bonds is 1. The summed E-state index contributed by atoms with van der Waals surface area (Å²) in [6.45, 7) is 0. The van der Waals surface area contributed by atoms with E-state index < -0.39 is 0 Å². The molecular weight excluding hydrogens is 250 g/mol. The van der Waals surface area contributed by atoms with Gasteiger partial charge in [-0.2, -0.15) is 0 Å². The van der Waals surface area contributed by atoms with E-state index in [0.717, 1.165) is 42.5 Å². The van der Waals surface area contributed by atoms with E-state index in [9.17, 15) is 4.79 Å². The van der Waals surface area contributed by atoms with Crippen molar-refractivity contribution in [3.63, 3.8) is 0 Å². The largest absolute Gasteiger partial charge is 0.495 e. The van der Waals surface area contributed by atoms with Gasteiger partial charge in [0, 0.05) is 22.7 Å². The predicted octanol–water partition coefficient (Wildman–Crippen LogP) is 3.07. The molecule has 0 spiro atoms. The fraction of sp³-hybridized carbons (Fsp3) is 0.357. The van der Waals surface area contributed by atoms with Gasteiger partial charge in [0.1, 0.15) is 5.75 Å². The second-order valence-corrected chi connectivity index (χ2v) is 5.06. The Hall–Kier alpha value is -1.48. The minimum absolute atomic E-state index is 0.114. The number of H-pyrrole nitrogens is 1. The minimum atomic E-state index is 0.114. The van der Waals surface area contributed by atoms with Crippen LogP contribution in [0.25, 0.3) is 10.9 Å². The maximum absolute atomic E-state index is 12.4. The lowest BCUT2D eigenvalue weighted by molar-refractivity contribution is 0.415. The molecule has 0 aliphatic heterocycles. The summed E-state index contributed by atoms with van der Waals surface area (Å²) in [6.07, 6.45) is 4.04. The number of halogens is 1. The highest BCUT2D eigenvalue weighted by atomic mass is 35.5. The van der Waals surface area contributed by atoms with E-state index in [4.69, 9.17) is 16.3 Å². The zero-order valence-electron chi connectivity index (χ0n) is 10.2. The molecule has 3 nitrogen and oxygen atoms in total. The first-order chi connectivity index (χ1) is 8.70. The highest BCUT2D eigenvalue weighted by Gasteiger charge is 2.16. The van der Waals surface area contributed by atoms with Gasteiger partial charge in [0.15, 0.2) is 5.43 Å². The fourth-order valence-electron chi connectivity index (χ4n) is 2.62. The molecule has 0 atom stereocenters. The average molecular weight is 264 g/mol. The number of hydrogen-bond acceptors (Lipinski definition) is 2. The van der Waals surface area contributed by atoms with Crippen LogP contribution in [0.2, 0.25) is 5.02 Å². The second kappa shape index (κ2) is 4.32. The van der Waals surface area contributed by atoms with Crippen LogP contribution in [0, 0.1) is 0 Å². The van der Waals surface area contributed by atoms with Crippen LogP contribution in [-0.2, 0) is 12.8 Å². The van der Waals surface area contributed by atoms with Gasteiger partial charge in [0.2, 0.25) is 0 Å².